The van der Waals surface area contributed by atoms with Crippen LogP contribution in [0.5, 0.6) is 0 Å². The van der Waals surface area contributed by atoms with E-state index in [2.05, 4.69) is 5.09 Å². The van der Waals surface area contributed by atoms with E-state index in [-0.39, 0.29) is 6.29 Å². The Morgan fingerprint density at radius 2 is 2.00 bits per heavy atom. The number of rotatable bonds is 0. The molecular weight excluding hydrogens is 188 g/mol. The third-order valence-corrected chi connectivity index (χ3v) is 4.96. The highest BCUT2D eigenvalue weighted by Gasteiger charge is 2.68. The molecule has 1 aliphatic rings. The third kappa shape index (κ3) is 1.42. The molecule has 70 valence electrons. The maximum absolute atomic E-state index is 12.4. The molecule has 0 aromatic heterocycles. The Labute approximate surface area is 69.9 Å². The molecule has 1 heterocycles. The SMILES string of the molecule is CC1=[N+](C)C[P+](C)(C(F)(F)F)N1. The molecule has 1 atom stereocenters. The van der Waals surface area contributed by atoms with Gasteiger partial charge in [0.2, 0.25) is 6.29 Å². The average molecular weight is 200 g/mol. The summed E-state index contributed by atoms with van der Waals surface area (Å²) < 4.78 is 38.9. The molecule has 1 N–H and O–H groups in total. The lowest BCUT2D eigenvalue weighted by Crippen LogP contribution is -2.26. The van der Waals surface area contributed by atoms with E-state index in [1.807, 2.05) is 0 Å². The molecule has 0 amide bonds. The Hall–Kier alpha value is -0.310. The average Bonchev–Trinajstić information content (AvgIpc) is 2.06. The second-order valence-electron chi connectivity index (χ2n) is 3.20. The van der Waals surface area contributed by atoms with E-state index in [9.17, 15) is 13.2 Å². The summed E-state index contributed by atoms with van der Waals surface area (Å²) in [7, 11) is -1.31. The van der Waals surface area contributed by atoms with Crippen LogP contribution in [0.25, 0.3) is 0 Å². The van der Waals surface area contributed by atoms with Crippen molar-refractivity contribution in [3.8, 4) is 0 Å². The summed E-state index contributed by atoms with van der Waals surface area (Å²) in [6, 6.07) is 0. The van der Waals surface area contributed by atoms with Gasteiger partial charge < -0.3 is 0 Å². The first-order valence-electron chi connectivity index (χ1n) is 3.51. The van der Waals surface area contributed by atoms with Crippen LogP contribution in [0.4, 0.5) is 13.2 Å². The number of nitrogens with zero attached hydrogens (tertiary/aromatic N) is 1. The second kappa shape index (κ2) is 2.59. The number of alkyl halides is 3. The summed E-state index contributed by atoms with van der Waals surface area (Å²) >= 11 is 0. The normalized spacial score (nSPS) is 30.8. The molecule has 1 unspecified atom stereocenters. The van der Waals surface area contributed by atoms with Gasteiger partial charge in [0, 0.05) is 6.92 Å². The molecule has 0 fully saturated rings. The van der Waals surface area contributed by atoms with Gasteiger partial charge in [-0.1, -0.05) is 0 Å². The summed E-state index contributed by atoms with van der Waals surface area (Å²) in [5.41, 5.74) is 0. The van der Waals surface area contributed by atoms with Gasteiger partial charge in [0.05, 0.1) is 13.7 Å². The van der Waals surface area contributed by atoms with Crippen LogP contribution in [-0.4, -0.2) is 36.3 Å². The molecule has 0 bridgehead atoms. The van der Waals surface area contributed by atoms with Gasteiger partial charge in [-0.05, 0) is 0 Å². The Kier molecular flexibility index (Phi) is 2.11. The molecule has 1 rings (SSSR count). The zero-order valence-electron chi connectivity index (χ0n) is 7.24. The quantitative estimate of drug-likeness (QED) is 0.464. The van der Waals surface area contributed by atoms with Crippen LogP contribution in [0.15, 0.2) is 0 Å². The summed E-state index contributed by atoms with van der Waals surface area (Å²) in [5.74, 6) is -3.47. The van der Waals surface area contributed by atoms with Crippen molar-refractivity contribution in [2.75, 3.05) is 20.0 Å². The number of hydrogen-bond donors (Lipinski definition) is 1. The maximum atomic E-state index is 12.4. The van der Waals surface area contributed by atoms with Crippen molar-refractivity contribution in [2.24, 2.45) is 0 Å². The van der Waals surface area contributed by atoms with E-state index in [0.29, 0.717) is 5.84 Å². The summed E-state index contributed by atoms with van der Waals surface area (Å²) in [5, 5.41) is 2.55. The van der Waals surface area contributed by atoms with Crippen molar-refractivity contribution in [3.63, 3.8) is 0 Å². The first-order valence-corrected chi connectivity index (χ1v) is 5.94. The van der Waals surface area contributed by atoms with Gasteiger partial charge in [-0.25, -0.2) is 4.58 Å². The van der Waals surface area contributed by atoms with Crippen LogP contribution in [0.1, 0.15) is 6.92 Å². The molecule has 0 aromatic carbocycles. The molecule has 1 aliphatic heterocycles. The molecule has 6 heteroatoms. The molecule has 0 aromatic rings. The smallest absolute Gasteiger partial charge is 0.229 e. The lowest BCUT2D eigenvalue weighted by molar-refractivity contribution is -0.475. The van der Waals surface area contributed by atoms with Gasteiger partial charge in [0.25, 0.3) is 5.84 Å². The lowest BCUT2D eigenvalue weighted by Gasteiger charge is -2.13. The van der Waals surface area contributed by atoms with Crippen LogP contribution in [0, 0.1) is 0 Å². The van der Waals surface area contributed by atoms with Gasteiger partial charge in [-0.2, -0.15) is 0 Å². The number of hydrogen-bond acceptors (Lipinski definition) is 1. The van der Waals surface area contributed by atoms with E-state index >= 15 is 0 Å². The van der Waals surface area contributed by atoms with E-state index in [0.717, 1.165) is 0 Å². The van der Waals surface area contributed by atoms with Gasteiger partial charge in [-0.3, -0.25) is 0 Å². The second-order valence-corrected chi connectivity index (χ2v) is 6.59. The molecule has 0 saturated heterocycles. The minimum Gasteiger partial charge on any atom is -0.229 e. The highest BCUT2D eigenvalue weighted by molar-refractivity contribution is 7.74. The fourth-order valence-electron chi connectivity index (χ4n) is 1.15. The predicted octanol–water partition coefficient (Wildman–Crippen LogP) is 1.69. The van der Waals surface area contributed by atoms with Crippen molar-refractivity contribution in [3.05, 3.63) is 0 Å². The fraction of sp³-hybridized carbons (Fsp3) is 0.833. The number of nitrogens with one attached hydrogen (secondary N) is 1. The first kappa shape index (κ1) is 9.78. The Bertz CT molecular complexity index is 219. The number of halogens is 3. The first-order chi connectivity index (χ1) is 5.26. The van der Waals surface area contributed by atoms with Crippen LogP contribution >= 0.6 is 7.41 Å². The summed E-state index contributed by atoms with van der Waals surface area (Å²) in [6.45, 7) is 2.94. The fourth-order valence-corrected chi connectivity index (χ4v) is 3.46. The van der Waals surface area contributed by atoms with Gasteiger partial charge in [0.15, 0.2) is 0 Å². The number of amidine groups is 1. The van der Waals surface area contributed by atoms with Crippen molar-refractivity contribution in [1.82, 2.24) is 5.09 Å². The molecule has 0 spiro atoms. The predicted molar refractivity (Wildman–Crippen MR) is 43.8 cm³/mol. The molecule has 12 heavy (non-hydrogen) atoms. The molecule has 2 nitrogen and oxygen atoms in total. The molecule has 0 radical (unpaired) electrons. The summed E-state index contributed by atoms with van der Waals surface area (Å²) in [4.78, 5) is 0. The zero-order chi connectivity index (χ0) is 9.57. The van der Waals surface area contributed by atoms with Crippen LogP contribution in [0.3, 0.4) is 0 Å². The largest absolute Gasteiger partial charge is 0.551 e. The van der Waals surface area contributed by atoms with Crippen molar-refractivity contribution < 1.29 is 17.7 Å². The highest BCUT2D eigenvalue weighted by Crippen LogP contribution is 2.66. The van der Waals surface area contributed by atoms with Gasteiger partial charge in [-0.15, -0.1) is 18.3 Å². The van der Waals surface area contributed by atoms with Crippen molar-refractivity contribution in [1.29, 1.82) is 0 Å². The summed E-state index contributed by atoms with van der Waals surface area (Å²) in [6.07, 6.45) is 0.0856. The van der Waals surface area contributed by atoms with Crippen LogP contribution in [0.2, 0.25) is 0 Å². The molecule has 0 saturated carbocycles. The van der Waals surface area contributed by atoms with Gasteiger partial charge in [0.1, 0.15) is 0 Å². The maximum Gasteiger partial charge on any atom is 0.551 e. The zero-order valence-corrected chi connectivity index (χ0v) is 8.13. The van der Waals surface area contributed by atoms with Crippen molar-refractivity contribution in [2.45, 2.75) is 12.8 Å². The van der Waals surface area contributed by atoms with E-state index < -0.39 is 13.3 Å². The standard InChI is InChI=1S/C6H11F3N2P/c1-5-10-12(3,4-11(5)2)6(7,8)9/h4H2,1-3H3/q+1/p+1. The van der Waals surface area contributed by atoms with E-state index in [1.54, 1.807) is 18.5 Å². The highest BCUT2D eigenvalue weighted by atomic mass is 31.2. The third-order valence-electron chi connectivity index (χ3n) is 2.04. The lowest BCUT2D eigenvalue weighted by atomic mass is 10.7. The Morgan fingerprint density at radius 3 is 2.17 bits per heavy atom. The van der Waals surface area contributed by atoms with Crippen LogP contribution in [-0.2, 0) is 0 Å². The monoisotopic (exact) mass is 200 g/mol. The topological polar surface area (TPSA) is 15.0 Å². The minimum atomic E-state index is -4.08. The Morgan fingerprint density at radius 1 is 1.50 bits per heavy atom. The van der Waals surface area contributed by atoms with Crippen LogP contribution < -0.4 is 5.09 Å². The minimum absolute atomic E-state index is 0.0856. The van der Waals surface area contributed by atoms with E-state index in [4.69, 9.17) is 0 Å². The van der Waals surface area contributed by atoms with E-state index in [1.165, 1.54) is 6.66 Å². The van der Waals surface area contributed by atoms with Crippen molar-refractivity contribution >= 4 is 13.2 Å². The molecular formula is C6H12F3N2P+2. The Balaban J connectivity index is 2.84. The van der Waals surface area contributed by atoms with Gasteiger partial charge >= 0.3 is 13.3 Å². The molecule has 0 aliphatic carbocycles.